The summed E-state index contributed by atoms with van der Waals surface area (Å²) in [5.41, 5.74) is 1.94. The average molecular weight is 732 g/mol. The van der Waals surface area contributed by atoms with Gasteiger partial charge in [-0.3, -0.25) is 24.1 Å². The van der Waals surface area contributed by atoms with Crippen molar-refractivity contribution < 1.29 is 24.3 Å². The maximum atomic E-state index is 14.0. The fraction of sp³-hybridized carbons (Fsp3) is 0.357. The molecule has 2 heterocycles. The molecule has 6 atom stereocenters. The summed E-state index contributed by atoms with van der Waals surface area (Å²) in [7, 11) is 0. The largest absolute Gasteiger partial charge is 0.508 e. The van der Waals surface area contributed by atoms with Crippen LogP contribution in [0.25, 0.3) is 0 Å². The smallest absolute Gasteiger partial charge is 0.254 e. The lowest BCUT2D eigenvalue weighted by Crippen LogP contribution is -2.60. The van der Waals surface area contributed by atoms with Gasteiger partial charge in [0.05, 0.1) is 23.0 Å². The number of aryl methyl sites for hydroxylation is 1. The van der Waals surface area contributed by atoms with Crippen LogP contribution < -0.4 is 4.90 Å². The molecule has 6 rings (SSSR count). The van der Waals surface area contributed by atoms with Gasteiger partial charge in [-0.2, -0.15) is 0 Å². The minimum absolute atomic E-state index is 0.125. The quantitative estimate of drug-likeness (QED) is 0.180. The van der Waals surface area contributed by atoms with Gasteiger partial charge in [0, 0.05) is 21.0 Å². The van der Waals surface area contributed by atoms with E-state index in [-0.39, 0.29) is 30.0 Å². The monoisotopic (exact) mass is 728 g/mol. The zero-order valence-corrected chi connectivity index (χ0v) is 26.3. The lowest BCUT2D eigenvalue weighted by atomic mass is 9.56. The highest BCUT2D eigenvalue weighted by Crippen LogP contribution is 2.66. The number of allylic oxidation sites excluding steroid dienone is 2. The second-order valence-corrected chi connectivity index (χ2v) is 13.7. The summed E-state index contributed by atoms with van der Waals surface area (Å²) in [6.45, 7) is 1.82. The van der Waals surface area contributed by atoms with E-state index >= 15 is 0 Å². The molecule has 1 saturated carbocycles. The van der Waals surface area contributed by atoms with E-state index in [4.69, 9.17) is 34.8 Å². The maximum Gasteiger partial charge on any atom is 0.254 e. The fourth-order valence-corrected chi connectivity index (χ4v) is 8.80. The van der Waals surface area contributed by atoms with E-state index in [1.54, 1.807) is 30.3 Å². The summed E-state index contributed by atoms with van der Waals surface area (Å²) in [6.07, 6.45) is 1.91. The Balaban J connectivity index is 1.53. The van der Waals surface area contributed by atoms with E-state index in [9.17, 15) is 24.3 Å². The molecule has 4 amide bonds. The standard InChI is InChI=1S/C28H21Br2Cl3N2O5/c1-12-2-4-14(9-19(12)31)35-23(37)16-6-5-15-18(21(16)24(35)38)10-27(32)25(39)34(11-29)26(40)28(27,33)22(15)17-8-13(30)3-7-20(17)36/h2-5,7-9,16,18,21-22,36H,6,10-11H2,1H3/t16-,18+,21-,22+,27+,28-/m0/s1. The molecule has 3 fully saturated rings. The van der Waals surface area contributed by atoms with Crippen LogP contribution in [0.5, 0.6) is 5.75 Å². The van der Waals surface area contributed by atoms with Crippen LogP contribution >= 0.6 is 66.7 Å². The van der Waals surface area contributed by atoms with Gasteiger partial charge in [0.15, 0.2) is 9.75 Å². The molecule has 208 valence electrons. The minimum atomic E-state index is -1.98. The molecule has 12 heteroatoms. The molecule has 0 aromatic heterocycles. The zero-order chi connectivity index (χ0) is 28.9. The molecular weight excluding hydrogens is 710 g/mol. The Morgan fingerprint density at radius 2 is 1.75 bits per heavy atom. The molecule has 2 aliphatic carbocycles. The first kappa shape index (κ1) is 28.2. The Labute approximate surface area is 261 Å². The number of anilines is 1. The number of amides is 4. The number of carbonyl (C=O) groups excluding carboxylic acids is 4. The van der Waals surface area contributed by atoms with Gasteiger partial charge in [0.25, 0.3) is 11.8 Å². The number of halogens is 5. The van der Waals surface area contributed by atoms with Crippen molar-refractivity contribution in [2.45, 2.75) is 35.4 Å². The predicted molar refractivity (Wildman–Crippen MR) is 158 cm³/mol. The van der Waals surface area contributed by atoms with E-state index in [2.05, 4.69) is 31.9 Å². The minimum Gasteiger partial charge on any atom is -0.508 e. The van der Waals surface area contributed by atoms with Gasteiger partial charge in [-0.25, -0.2) is 4.90 Å². The van der Waals surface area contributed by atoms with Crippen molar-refractivity contribution in [3.05, 3.63) is 68.7 Å². The molecule has 4 aliphatic rings. The van der Waals surface area contributed by atoms with Gasteiger partial charge in [0.2, 0.25) is 11.8 Å². The highest BCUT2D eigenvalue weighted by molar-refractivity contribution is 9.10. The zero-order valence-electron chi connectivity index (χ0n) is 20.8. The highest BCUT2D eigenvalue weighted by Gasteiger charge is 2.76. The number of hydrogen-bond donors (Lipinski definition) is 1. The SMILES string of the molecule is Cc1ccc(N2C(=O)[C@H]3[C@H](CC=C4[C@H]3C[C@@]3(Cl)C(=O)N(CBr)C(=O)[C@@]3(Cl)[C@H]4c3cc(Br)ccc3O)C2=O)cc1Cl. The second-order valence-electron chi connectivity index (χ2n) is 10.6. The number of carbonyl (C=O) groups is 4. The van der Waals surface area contributed by atoms with Crippen molar-refractivity contribution in [2.75, 3.05) is 10.4 Å². The summed E-state index contributed by atoms with van der Waals surface area (Å²) in [4.78, 5) is 53.4. The van der Waals surface area contributed by atoms with Crippen LogP contribution in [0.2, 0.25) is 5.02 Å². The summed E-state index contributed by atoms with van der Waals surface area (Å²) >= 11 is 27.3. The van der Waals surface area contributed by atoms with Crippen molar-refractivity contribution in [1.29, 1.82) is 0 Å². The number of benzene rings is 2. The third-order valence-corrected chi connectivity index (χ3v) is 11.5. The molecule has 2 aromatic rings. The number of imide groups is 2. The lowest BCUT2D eigenvalue weighted by molar-refractivity contribution is -0.138. The summed E-state index contributed by atoms with van der Waals surface area (Å²) in [5, 5.41) is 11.4. The van der Waals surface area contributed by atoms with Crippen molar-refractivity contribution >= 4 is 96.0 Å². The number of alkyl halides is 3. The number of likely N-dealkylation sites (tertiary alicyclic amines) is 1. The van der Waals surface area contributed by atoms with Crippen LogP contribution in [0.15, 0.2) is 52.5 Å². The van der Waals surface area contributed by atoms with Gasteiger partial charge in [-0.1, -0.05) is 61.2 Å². The summed E-state index contributed by atoms with van der Waals surface area (Å²) < 4.78 is 0.612. The second kappa shape index (κ2) is 9.56. The third kappa shape index (κ3) is 3.60. The van der Waals surface area contributed by atoms with E-state index < -0.39 is 51.1 Å². The number of hydrogen-bond acceptors (Lipinski definition) is 5. The average Bonchev–Trinajstić information content (AvgIpc) is 3.25. The summed E-state index contributed by atoms with van der Waals surface area (Å²) in [5.74, 6) is -5.60. The van der Waals surface area contributed by atoms with Crippen molar-refractivity contribution in [2.24, 2.45) is 17.8 Å². The molecule has 0 unspecified atom stereocenters. The first-order valence-electron chi connectivity index (χ1n) is 12.5. The van der Waals surface area contributed by atoms with Crippen LogP contribution in [0, 0.1) is 24.7 Å². The molecule has 40 heavy (non-hydrogen) atoms. The van der Waals surface area contributed by atoms with Gasteiger partial charge in [-0.05, 0) is 61.6 Å². The van der Waals surface area contributed by atoms with Crippen LogP contribution in [0.1, 0.15) is 29.9 Å². The van der Waals surface area contributed by atoms with Gasteiger partial charge in [0.1, 0.15) is 5.75 Å². The Bertz CT molecular complexity index is 1570. The number of phenolic OH excluding ortho intramolecular Hbond substituents is 1. The first-order valence-corrected chi connectivity index (χ1v) is 15.5. The molecule has 1 N–H and O–H groups in total. The first-order chi connectivity index (χ1) is 18.9. The normalized spacial score (nSPS) is 33.2. The van der Waals surface area contributed by atoms with Crippen molar-refractivity contribution in [1.82, 2.24) is 4.90 Å². The van der Waals surface area contributed by atoms with E-state index in [1.807, 2.05) is 13.0 Å². The Morgan fingerprint density at radius 3 is 2.42 bits per heavy atom. The van der Waals surface area contributed by atoms with E-state index in [0.717, 1.165) is 15.4 Å². The van der Waals surface area contributed by atoms with Crippen LogP contribution in [-0.2, 0) is 19.2 Å². The number of phenols is 1. The van der Waals surface area contributed by atoms with Crippen LogP contribution in [-0.4, -0.2) is 48.8 Å². The molecule has 2 aromatic carbocycles. The fourth-order valence-electron chi connectivity index (χ4n) is 6.83. The van der Waals surface area contributed by atoms with Gasteiger partial charge >= 0.3 is 0 Å². The van der Waals surface area contributed by atoms with E-state index in [0.29, 0.717) is 26.3 Å². The highest BCUT2D eigenvalue weighted by atomic mass is 79.9. The molecule has 0 radical (unpaired) electrons. The third-order valence-electron chi connectivity index (χ3n) is 8.73. The van der Waals surface area contributed by atoms with Crippen molar-refractivity contribution in [3.8, 4) is 5.75 Å². The topological polar surface area (TPSA) is 95.0 Å². The van der Waals surface area contributed by atoms with Crippen LogP contribution in [0.3, 0.4) is 0 Å². The Morgan fingerprint density at radius 1 is 1.02 bits per heavy atom. The van der Waals surface area contributed by atoms with E-state index in [1.165, 1.54) is 6.07 Å². The van der Waals surface area contributed by atoms with Crippen molar-refractivity contribution in [3.63, 3.8) is 0 Å². The lowest BCUT2D eigenvalue weighted by Gasteiger charge is -2.50. The number of fused-ring (bicyclic) bond motifs is 4. The molecule has 0 spiro atoms. The molecule has 2 saturated heterocycles. The molecule has 7 nitrogen and oxygen atoms in total. The predicted octanol–water partition coefficient (Wildman–Crippen LogP) is 6.03. The Kier molecular flexibility index (Phi) is 6.74. The summed E-state index contributed by atoms with van der Waals surface area (Å²) in [6, 6.07) is 9.72. The van der Waals surface area contributed by atoms with Crippen LogP contribution in [0.4, 0.5) is 5.69 Å². The molecular formula is C28H21Br2Cl3N2O5. The number of aromatic hydroxyl groups is 1. The van der Waals surface area contributed by atoms with Gasteiger partial charge < -0.3 is 5.11 Å². The van der Waals surface area contributed by atoms with Gasteiger partial charge in [-0.15, -0.1) is 23.2 Å². The Hall–Kier alpha value is -1.91. The number of rotatable bonds is 3. The molecule has 2 aliphatic heterocycles. The maximum absolute atomic E-state index is 14.0. The molecule has 0 bridgehead atoms. The number of nitrogens with zero attached hydrogens (tertiary/aromatic N) is 2.